The lowest BCUT2D eigenvalue weighted by Crippen LogP contribution is -2.57. The number of nitrogens with two attached hydrogens (primary N) is 1. The Hall–Kier alpha value is -3.71. The number of hydrogen-bond donors (Lipinski definition) is 11. The van der Waals surface area contributed by atoms with Crippen LogP contribution in [0.15, 0.2) is 30.3 Å². The van der Waals surface area contributed by atoms with Gasteiger partial charge in [0.2, 0.25) is 29.5 Å². The molecule has 0 unspecified atom stereocenters. The molecule has 21 heteroatoms. The van der Waals surface area contributed by atoms with Gasteiger partial charge in [0.25, 0.3) is 0 Å². The highest BCUT2D eigenvalue weighted by molar-refractivity contribution is 5.97. The van der Waals surface area contributed by atoms with Crippen molar-refractivity contribution in [2.45, 2.75) is 113 Å². The number of hydrogen-bond acceptors (Lipinski definition) is 17. The van der Waals surface area contributed by atoms with E-state index in [-0.39, 0.29) is 65.3 Å². The molecule has 2 fully saturated rings. The summed E-state index contributed by atoms with van der Waals surface area (Å²) >= 11 is 0. The van der Waals surface area contributed by atoms with Crippen LogP contribution in [0, 0.1) is 0 Å². The van der Waals surface area contributed by atoms with Gasteiger partial charge in [0.05, 0.1) is 51.1 Å². The topological polar surface area (TPSA) is 321 Å². The van der Waals surface area contributed by atoms with Crippen molar-refractivity contribution in [3.63, 3.8) is 0 Å². The first kappa shape index (κ1) is 48.7. The van der Waals surface area contributed by atoms with Crippen LogP contribution in [0.4, 0.5) is 0 Å². The van der Waals surface area contributed by atoms with E-state index in [1.165, 1.54) is 18.7 Å². The molecule has 2 aliphatic heterocycles. The van der Waals surface area contributed by atoms with Gasteiger partial charge in [-0.05, 0) is 38.7 Å². The van der Waals surface area contributed by atoms with Crippen molar-refractivity contribution in [1.82, 2.24) is 26.2 Å². The fourth-order valence-electron chi connectivity index (χ4n) is 6.05. The molecule has 0 saturated carbocycles. The molecule has 0 bridgehead atoms. The fraction of sp³-hybridized carbons (Fsp3) is 0.703. The quantitative estimate of drug-likeness (QED) is 0.0461. The molecule has 0 aliphatic carbocycles. The van der Waals surface area contributed by atoms with E-state index in [9.17, 15) is 54.6 Å². The lowest BCUT2D eigenvalue weighted by atomic mass is 10.0. The maximum atomic E-state index is 12.8. The van der Waals surface area contributed by atoms with Gasteiger partial charge in [0, 0.05) is 26.1 Å². The van der Waals surface area contributed by atoms with Gasteiger partial charge >= 0.3 is 0 Å². The van der Waals surface area contributed by atoms with Gasteiger partial charge in [-0.1, -0.05) is 36.8 Å². The van der Waals surface area contributed by atoms with Crippen LogP contribution in [0.5, 0.6) is 0 Å². The SMILES string of the molecule is C[C@@H]1O[C@@H](OCCNC(=O)CN(CC(=O)NCCCCCC(=O)NC(=O)[C@@H](N)Cc2ccccc2)CC(=O)NCCO[C@@H]2O[C@@H](C)[C@@H](O)[C@@H](O)[C@@H]2O)[C@@H](O)[C@H](O)[C@@H]1O. The number of nitrogens with one attached hydrogen (secondary N) is 4. The average Bonchev–Trinajstić information content (AvgIpc) is 3.18. The highest BCUT2D eigenvalue weighted by Gasteiger charge is 2.43. The van der Waals surface area contributed by atoms with Crippen LogP contribution in [0.25, 0.3) is 0 Å². The van der Waals surface area contributed by atoms with E-state index in [0.717, 1.165) is 5.56 Å². The van der Waals surface area contributed by atoms with E-state index in [1.54, 1.807) is 0 Å². The lowest BCUT2D eigenvalue weighted by Gasteiger charge is -2.38. The van der Waals surface area contributed by atoms with Crippen molar-refractivity contribution >= 4 is 29.5 Å². The van der Waals surface area contributed by atoms with Gasteiger partial charge in [0.1, 0.15) is 36.6 Å². The second kappa shape index (κ2) is 25.0. The minimum absolute atomic E-state index is 0.0614. The van der Waals surface area contributed by atoms with E-state index in [1.807, 2.05) is 30.3 Å². The normalized spacial score (nSPS) is 27.7. The molecule has 12 N–H and O–H groups in total. The summed E-state index contributed by atoms with van der Waals surface area (Å²) in [6.45, 7) is 1.71. The zero-order valence-electron chi connectivity index (χ0n) is 32.8. The molecule has 21 nitrogen and oxygen atoms in total. The maximum Gasteiger partial charge on any atom is 0.243 e. The molecule has 5 amide bonds. The first-order chi connectivity index (χ1) is 27.6. The third-order valence-electron chi connectivity index (χ3n) is 9.43. The summed E-state index contributed by atoms with van der Waals surface area (Å²) in [4.78, 5) is 64.3. The Bertz CT molecular complexity index is 1390. The summed E-state index contributed by atoms with van der Waals surface area (Å²) in [6, 6.07) is 8.32. The van der Waals surface area contributed by atoms with Crippen LogP contribution in [0.3, 0.4) is 0 Å². The third-order valence-corrected chi connectivity index (χ3v) is 9.43. The number of carbonyl (C=O) groups is 5. The summed E-state index contributed by atoms with van der Waals surface area (Å²) in [5.74, 6) is -2.65. The monoisotopic (exact) mass is 828 g/mol. The van der Waals surface area contributed by atoms with Crippen LogP contribution in [-0.2, 0) is 49.3 Å². The fourth-order valence-corrected chi connectivity index (χ4v) is 6.05. The number of rotatable bonds is 23. The Morgan fingerprint density at radius 1 is 0.655 bits per heavy atom. The standard InChI is InChI=1S/C37H60N6O15/c1-21-29(48)31(50)33(52)36(57-21)55-15-13-40-27(46)19-43(20-28(47)41-14-16-56-37-34(53)32(51)30(49)22(2)58-37)18-26(45)39-12-8-4-7-11-25(44)42-35(54)24(38)17-23-9-5-3-6-10-23/h3,5-6,9-10,21-22,24,29-34,36-37,48-53H,4,7-8,11-20,38H2,1-2H3,(H,39,45)(H,40,46)(H,41,47)(H,42,44,54)/t21-,22-,24-,29+,30+,31+,32+,33-,34-,36+,37+/m0/s1. The number of carbonyl (C=O) groups excluding carboxylic acids is 5. The lowest BCUT2D eigenvalue weighted by molar-refractivity contribution is -0.292. The van der Waals surface area contributed by atoms with E-state index in [0.29, 0.717) is 19.3 Å². The van der Waals surface area contributed by atoms with E-state index in [4.69, 9.17) is 24.7 Å². The summed E-state index contributed by atoms with van der Waals surface area (Å²) in [6.07, 6.45) is -10.9. The van der Waals surface area contributed by atoms with Crippen molar-refractivity contribution in [2.24, 2.45) is 5.73 Å². The minimum Gasteiger partial charge on any atom is -0.388 e. The van der Waals surface area contributed by atoms with Crippen molar-refractivity contribution in [2.75, 3.05) is 52.5 Å². The number of benzene rings is 1. The Labute approximate surface area is 336 Å². The molecule has 328 valence electrons. The zero-order valence-corrected chi connectivity index (χ0v) is 32.8. The average molecular weight is 829 g/mol. The van der Waals surface area contributed by atoms with Crippen LogP contribution in [0.2, 0.25) is 0 Å². The van der Waals surface area contributed by atoms with Gasteiger partial charge in [-0.15, -0.1) is 0 Å². The van der Waals surface area contributed by atoms with Crippen molar-refractivity contribution in [3.05, 3.63) is 35.9 Å². The Kier molecular flexibility index (Phi) is 21.0. The van der Waals surface area contributed by atoms with Crippen LogP contribution in [-0.4, -0.2) is 185 Å². The first-order valence-corrected chi connectivity index (χ1v) is 19.4. The predicted octanol–water partition coefficient (Wildman–Crippen LogP) is -4.90. The summed E-state index contributed by atoms with van der Waals surface area (Å²) in [7, 11) is 0. The molecule has 2 aliphatic rings. The van der Waals surface area contributed by atoms with Crippen LogP contribution >= 0.6 is 0 Å². The number of amides is 5. The van der Waals surface area contributed by atoms with Crippen molar-refractivity contribution < 1.29 is 73.6 Å². The molecule has 2 heterocycles. The maximum absolute atomic E-state index is 12.8. The molecular formula is C37H60N6O15. The first-order valence-electron chi connectivity index (χ1n) is 19.4. The van der Waals surface area contributed by atoms with Gasteiger partial charge < -0.3 is 71.3 Å². The molecule has 0 radical (unpaired) electrons. The molecule has 2 saturated heterocycles. The van der Waals surface area contributed by atoms with Gasteiger partial charge in [-0.3, -0.25) is 34.2 Å². The highest BCUT2D eigenvalue weighted by atomic mass is 16.7. The molecule has 11 atom stereocenters. The molecule has 1 aromatic carbocycles. The smallest absolute Gasteiger partial charge is 0.243 e. The molecule has 1 aromatic rings. The van der Waals surface area contributed by atoms with Crippen LogP contribution in [0.1, 0.15) is 45.1 Å². The molecule has 3 rings (SSSR count). The van der Waals surface area contributed by atoms with E-state index >= 15 is 0 Å². The summed E-state index contributed by atoms with van der Waals surface area (Å²) < 4.78 is 21.6. The van der Waals surface area contributed by atoms with E-state index < -0.39 is 97.0 Å². The Morgan fingerprint density at radius 2 is 1.12 bits per heavy atom. The predicted molar refractivity (Wildman–Crippen MR) is 202 cm³/mol. The Balaban J connectivity index is 1.40. The summed E-state index contributed by atoms with van der Waals surface area (Å²) in [5, 5.41) is 70.0. The van der Waals surface area contributed by atoms with Crippen molar-refractivity contribution in [3.8, 4) is 0 Å². The zero-order chi connectivity index (χ0) is 42.8. The summed E-state index contributed by atoms with van der Waals surface area (Å²) in [5.41, 5.74) is 6.80. The second-order valence-corrected chi connectivity index (χ2v) is 14.3. The number of aliphatic hydroxyl groups excluding tert-OH is 6. The van der Waals surface area contributed by atoms with E-state index in [2.05, 4.69) is 21.3 Å². The number of imide groups is 1. The third kappa shape index (κ3) is 16.5. The minimum atomic E-state index is -1.52. The van der Waals surface area contributed by atoms with Crippen LogP contribution < -0.4 is 27.0 Å². The highest BCUT2D eigenvalue weighted by Crippen LogP contribution is 2.22. The largest absolute Gasteiger partial charge is 0.388 e. The second-order valence-electron chi connectivity index (χ2n) is 14.3. The molecular weight excluding hydrogens is 768 g/mol. The number of aliphatic hydroxyl groups is 6. The number of ether oxygens (including phenoxy) is 4. The van der Waals surface area contributed by atoms with Crippen molar-refractivity contribution in [1.29, 1.82) is 0 Å². The van der Waals surface area contributed by atoms with Gasteiger partial charge in [0.15, 0.2) is 12.6 Å². The molecule has 0 spiro atoms. The number of unbranched alkanes of at least 4 members (excludes halogenated alkanes) is 2. The molecule has 0 aromatic heterocycles. The van der Waals surface area contributed by atoms with Gasteiger partial charge in [-0.25, -0.2) is 0 Å². The number of nitrogens with zero attached hydrogens (tertiary/aromatic N) is 1. The Morgan fingerprint density at radius 3 is 1.60 bits per heavy atom. The van der Waals surface area contributed by atoms with Gasteiger partial charge in [-0.2, -0.15) is 0 Å². The molecule has 58 heavy (non-hydrogen) atoms.